The molecule has 0 aliphatic heterocycles. The molecule has 2 aromatic carbocycles. The fraction of sp³-hybridized carbons (Fsp3) is 0.125. The molecule has 0 atom stereocenters. The van der Waals surface area contributed by atoms with Gasteiger partial charge in [-0.05, 0) is 41.8 Å². The maximum absolute atomic E-state index is 13.2. The van der Waals surface area contributed by atoms with Crippen LogP contribution in [0, 0.1) is 0 Å². The number of thioether (sulfide) groups is 1. The Balaban J connectivity index is 1.45. The summed E-state index contributed by atoms with van der Waals surface area (Å²) in [6, 6.07) is 17.2. The molecule has 0 spiro atoms. The predicted octanol–water partition coefficient (Wildman–Crippen LogP) is 5.88. The number of nitrogens with zero attached hydrogens (tertiary/aromatic N) is 3. The number of hydrogen-bond donors (Lipinski definition) is 0. The summed E-state index contributed by atoms with van der Waals surface area (Å²) in [5.74, 6) is 1.95. The highest BCUT2D eigenvalue weighted by Crippen LogP contribution is 2.34. The summed E-state index contributed by atoms with van der Waals surface area (Å²) in [6.07, 6.45) is 0. The van der Waals surface area contributed by atoms with Crippen LogP contribution < -0.4 is 15.0 Å². The van der Waals surface area contributed by atoms with Crippen LogP contribution in [-0.4, -0.2) is 28.8 Å². The number of benzene rings is 2. The molecule has 3 heterocycles. The minimum atomic E-state index is -0.0563. The molecule has 0 saturated heterocycles. The Morgan fingerprint density at radius 3 is 2.58 bits per heavy atom. The first-order valence-corrected chi connectivity index (χ1v) is 12.8. The second-order valence-corrected chi connectivity index (χ2v) is 9.71. The molecule has 0 bridgehead atoms. The van der Waals surface area contributed by atoms with Crippen LogP contribution in [0.2, 0.25) is 0 Å². The number of hydrogen-bond acceptors (Lipinski definition) is 8. The summed E-state index contributed by atoms with van der Waals surface area (Å²) >= 11 is 4.55. The molecule has 9 heteroatoms. The van der Waals surface area contributed by atoms with Gasteiger partial charge in [0.2, 0.25) is 0 Å². The van der Waals surface area contributed by atoms with Crippen molar-refractivity contribution in [1.82, 2.24) is 14.5 Å². The van der Waals surface area contributed by atoms with Crippen LogP contribution in [0.25, 0.3) is 26.5 Å². The van der Waals surface area contributed by atoms with Crippen LogP contribution >= 0.6 is 34.4 Å². The minimum absolute atomic E-state index is 0.0563. The number of rotatable bonds is 7. The number of methoxy groups -OCH3 is 2. The molecule has 5 rings (SSSR count). The van der Waals surface area contributed by atoms with Gasteiger partial charge in [0.1, 0.15) is 9.84 Å². The van der Waals surface area contributed by atoms with Crippen LogP contribution in [-0.2, 0) is 5.75 Å². The largest absolute Gasteiger partial charge is 0.493 e. The Morgan fingerprint density at radius 2 is 1.79 bits per heavy atom. The molecule has 0 amide bonds. The summed E-state index contributed by atoms with van der Waals surface area (Å²) in [6.45, 7) is 0. The molecule has 0 radical (unpaired) electrons. The number of thiazole rings is 1. The maximum Gasteiger partial charge on any atom is 0.267 e. The number of para-hydroxylation sites is 1. The van der Waals surface area contributed by atoms with Crippen molar-refractivity contribution in [2.45, 2.75) is 10.9 Å². The third-order valence-corrected chi connectivity index (χ3v) is 7.73. The van der Waals surface area contributed by atoms with Crippen molar-refractivity contribution in [3.63, 3.8) is 0 Å². The van der Waals surface area contributed by atoms with Gasteiger partial charge in [0.05, 0.1) is 31.0 Å². The smallest absolute Gasteiger partial charge is 0.267 e. The van der Waals surface area contributed by atoms with E-state index in [1.165, 1.54) is 23.1 Å². The number of ether oxygens (including phenoxy) is 2. The van der Waals surface area contributed by atoms with E-state index in [1.54, 1.807) is 30.1 Å². The topological polar surface area (TPSA) is 66.2 Å². The highest BCUT2D eigenvalue weighted by Gasteiger charge is 2.15. The Kier molecular flexibility index (Phi) is 6.17. The van der Waals surface area contributed by atoms with Gasteiger partial charge in [-0.3, -0.25) is 9.36 Å². The van der Waals surface area contributed by atoms with Gasteiger partial charge in [0.15, 0.2) is 16.7 Å². The van der Waals surface area contributed by atoms with Crippen molar-refractivity contribution in [1.29, 1.82) is 0 Å². The van der Waals surface area contributed by atoms with E-state index in [2.05, 4.69) is 0 Å². The highest BCUT2D eigenvalue weighted by molar-refractivity contribution is 7.98. The van der Waals surface area contributed by atoms with Crippen LogP contribution in [0.4, 0.5) is 0 Å². The Labute approximate surface area is 202 Å². The molecule has 166 valence electrons. The monoisotopic (exact) mass is 493 g/mol. The van der Waals surface area contributed by atoms with Crippen molar-refractivity contribution < 1.29 is 9.47 Å². The van der Waals surface area contributed by atoms with E-state index in [4.69, 9.17) is 19.4 Å². The summed E-state index contributed by atoms with van der Waals surface area (Å²) < 4.78 is 12.4. The SMILES string of the molecule is COc1ccc(-c2nc(CSc3nc4sccc4c(=O)n3-c3ccccc3)cs2)cc1OC. The van der Waals surface area contributed by atoms with Crippen molar-refractivity contribution in [2.75, 3.05) is 14.2 Å². The minimum Gasteiger partial charge on any atom is -0.493 e. The third-order valence-electron chi connectivity index (χ3n) is 5.01. The zero-order valence-corrected chi connectivity index (χ0v) is 20.3. The predicted molar refractivity (Wildman–Crippen MR) is 135 cm³/mol. The van der Waals surface area contributed by atoms with Crippen LogP contribution in [0.3, 0.4) is 0 Å². The molecule has 0 saturated carbocycles. The summed E-state index contributed by atoms with van der Waals surface area (Å²) in [5, 5.41) is 6.12. The highest BCUT2D eigenvalue weighted by atomic mass is 32.2. The zero-order chi connectivity index (χ0) is 22.8. The van der Waals surface area contributed by atoms with E-state index in [0.29, 0.717) is 27.8 Å². The quantitative estimate of drug-likeness (QED) is 0.208. The van der Waals surface area contributed by atoms with E-state index in [-0.39, 0.29) is 5.56 Å². The van der Waals surface area contributed by atoms with E-state index in [9.17, 15) is 4.79 Å². The van der Waals surface area contributed by atoms with Gasteiger partial charge in [-0.1, -0.05) is 30.0 Å². The molecule has 0 fully saturated rings. The summed E-state index contributed by atoms with van der Waals surface area (Å²) in [4.78, 5) is 23.5. The number of fused-ring (bicyclic) bond motifs is 1. The van der Waals surface area contributed by atoms with Gasteiger partial charge in [-0.25, -0.2) is 9.97 Å². The van der Waals surface area contributed by atoms with E-state index < -0.39 is 0 Å². The first-order valence-electron chi connectivity index (χ1n) is 10.0. The summed E-state index contributed by atoms with van der Waals surface area (Å²) in [7, 11) is 3.24. The molecule has 0 aliphatic carbocycles. The van der Waals surface area contributed by atoms with Gasteiger partial charge in [-0.15, -0.1) is 22.7 Å². The molecule has 0 aliphatic rings. The first-order chi connectivity index (χ1) is 16.2. The number of aromatic nitrogens is 3. The Morgan fingerprint density at radius 1 is 0.970 bits per heavy atom. The zero-order valence-electron chi connectivity index (χ0n) is 17.8. The fourth-order valence-corrected chi connectivity index (χ4v) is 6.04. The van der Waals surface area contributed by atoms with Crippen molar-refractivity contribution in [2.24, 2.45) is 0 Å². The second-order valence-electron chi connectivity index (χ2n) is 7.01. The normalized spacial score (nSPS) is 11.1. The van der Waals surface area contributed by atoms with E-state index in [0.717, 1.165) is 26.8 Å². The van der Waals surface area contributed by atoms with E-state index >= 15 is 0 Å². The second kappa shape index (κ2) is 9.38. The lowest BCUT2D eigenvalue weighted by Crippen LogP contribution is -2.21. The van der Waals surface area contributed by atoms with Crippen molar-refractivity contribution >= 4 is 44.7 Å². The average molecular weight is 494 g/mol. The molecule has 33 heavy (non-hydrogen) atoms. The van der Waals surface area contributed by atoms with Crippen LogP contribution in [0.15, 0.2) is 75.3 Å². The van der Waals surface area contributed by atoms with Gasteiger partial charge in [0.25, 0.3) is 5.56 Å². The lowest BCUT2D eigenvalue weighted by Gasteiger charge is -2.11. The number of thiophene rings is 1. The molecule has 3 aromatic heterocycles. The Hall–Kier alpha value is -3.14. The van der Waals surface area contributed by atoms with Gasteiger partial charge in [-0.2, -0.15) is 0 Å². The average Bonchev–Trinajstić information content (AvgIpc) is 3.53. The van der Waals surface area contributed by atoms with Crippen LogP contribution in [0.5, 0.6) is 11.5 Å². The van der Waals surface area contributed by atoms with Crippen molar-refractivity contribution in [3.8, 4) is 27.8 Å². The molecular formula is C24H19N3O3S3. The van der Waals surface area contributed by atoms with Crippen molar-refractivity contribution in [3.05, 3.63) is 81.4 Å². The first kappa shape index (κ1) is 21.7. The molecule has 5 aromatic rings. The fourth-order valence-electron chi connectivity index (χ4n) is 3.41. The molecule has 0 N–H and O–H groups in total. The summed E-state index contributed by atoms with van der Waals surface area (Å²) in [5.41, 5.74) is 2.64. The van der Waals surface area contributed by atoms with Gasteiger partial charge in [0, 0.05) is 16.7 Å². The lowest BCUT2D eigenvalue weighted by molar-refractivity contribution is 0.355. The lowest BCUT2D eigenvalue weighted by atomic mass is 10.2. The van der Waals surface area contributed by atoms with Crippen LogP contribution in [0.1, 0.15) is 5.69 Å². The van der Waals surface area contributed by atoms with Gasteiger partial charge >= 0.3 is 0 Å². The third kappa shape index (κ3) is 4.27. The molecule has 0 unspecified atom stereocenters. The molecular weight excluding hydrogens is 474 g/mol. The maximum atomic E-state index is 13.2. The standard InChI is InChI=1S/C24H19N3O3S3/c1-29-19-9-8-15(12-20(19)30-2)21-25-16(13-32-21)14-33-24-26-22-18(10-11-31-22)23(28)27(24)17-6-4-3-5-7-17/h3-13H,14H2,1-2H3. The molecule has 6 nitrogen and oxygen atoms in total. The van der Waals surface area contributed by atoms with Gasteiger partial charge < -0.3 is 9.47 Å². The van der Waals surface area contributed by atoms with E-state index in [1.807, 2.05) is 65.4 Å². The Bertz CT molecular complexity index is 1470.